The van der Waals surface area contributed by atoms with Gasteiger partial charge >= 0.3 is 0 Å². The van der Waals surface area contributed by atoms with Crippen LogP contribution < -0.4 is 0 Å². The second kappa shape index (κ2) is 1.73. The molecular weight excluding hydrogens is 88.1 g/mol. The molecule has 0 aromatic heterocycles. The van der Waals surface area contributed by atoms with Gasteiger partial charge in [0.1, 0.15) is 0 Å². The Morgan fingerprint density at radius 3 is 2.71 bits per heavy atom. The number of rotatable bonds is 0. The van der Waals surface area contributed by atoms with Crippen LogP contribution in [0.15, 0.2) is 12.2 Å². The largest absolute Gasteiger partial charge is 0.294 e. The van der Waals surface area contributed by atoms with Crippen molar-refractivity contribution in [2.45, 2.75) is 6.42 Å². The summed E-state index contributed by atoms with van der Waals surface area (Å²) in [5.41, 5.74) is 0. The number of hydrogen-bond donors (Lipinski definition) is 0. The van der Waals surface area contributed by atoms with Crippen molar-refractivity contribution in [2.24, 2.45) is 0 Å². The second-order valence-electron chi connectivity index (χ2n) is 1.28. The number of carbonyl (C=O) groups excluding carboxylic acids is 1. The van der Waals surface area contributed by atoms with Crippen LogP contribution in [0.3, 0.4) is 0 Å². The number of allylic oxidation sites excluding steroid dienone is 4. The maximum atomic E-state index is 10.2. The lowest BCUT2D eigenvalue weighted by Crippen LogP contribution is -1.92. The van der Waals surface area contributed by atoms with Crippen molar-refractivity contribution in [3.05, 3.63) is 24.3 Å². The lowest BCUT2D eigenvalue weighted by atomic mass is 10.2. The Hall–Kier alpha value is -0.850. The van der Waals surface area contributed by atoms with Gasteiger partial charge in [0, 0.05) is 12.5 Å². The Kier molecular flexibility index (Phi) is 1.07. The Labute approximate surface area is 42.3 Å². The highest BCUT2D eigenvalue weighted by molar-refractivity contribution is 5.87. The molecule has 1 heteroatoms. The van der Waals surface area contributed by atoms with Gasteiger partial charge in [-0.3, -0.25) is 4.79 Å². The smallest absolute Gasteiger partial charge is 0.167 e. The zero-order valence-electron chi connectivity index (χ0n) is 3.77. The van der Waals surface area contributed by atoms with Crippen LogP contribution in [0.2, 0.25) is 0 Å². The van der Waals surface area contributed by atoms with Gasteiger partial charge in [-0.1, -0.05) is 12.2 Å². The fraction of sp³-hybridized carbons (Fsp3) is 0.167. The fourth-order valence-corrected chi connectivity index (χ4v) is 0.396. The first-order valence-corrected chi connectivity index (χ1v) is 2.07. The summed E-state index contributed by atoms with van der Waals surface area (Å²) in [7, 11) is 0. The quantitative estimate of drug-likeness (QED) is 0.429. The van der Waals surface area contributed by atoms with E-state index in [-0.39, 0.29) is 5.78 Å². The Bertz CT molecular complexity index is 131. The van der Waals surface area contributed by atoms with E-state index >= 15 is 0 Å². The van der Waals surface area contributed by atoms with Crippen LogP contribution in [-0.4, -0.2) is 5.78 Å². The molecule has 0 aromatic carbocycles. The van der Waals surface area contributed by atoms with Gasteiger partial charge in [-0.2, -0.15) is 0 Å². The molecule has 2 radical (unpaired) electrons. The first-order chi connectivity index (χ1) is 3.39. The third-order valence-corrected chi connectivity index (χ3v) is 0.708. The van der Waals surface area contributed by atoms with Crippen molar-refractivity contribution in [3.8, 4) is 0 Å². The monoisotopic (exact) mass is 92.0 g/mol. The summed E-state index contributed by atoms with van der Waals surface area (Å²) >= 11 is 0. The lowest BCUT2D eigenvalue weighted by molar-refractivity contribution is -0.114. The lowest BCUT2D eigenvalue weighted by Gasteiger charge is -1.86. The minimum atomic E-state index is 0.0162. The third-order valence-electron chi connectivity index (χ3n) is 0.708. The highest BCUT2D eigenvalue weighted by atomic mass is 16.1. The van der Waals surface area contributed by atoms with Crippen LogP contribution in [0.1, 0.15) is 6.42 Å². The summed E-state index contributed by atoms with van der Waals surface area (Å²) in [6, 6.07) is 0. The van der Waals surface area contributed by atoms with Crippen LogP contribution in [0.4, 0.5) is 0 Å². The molecule has 0 aromatic rings. The molecule has 1 aliphatic carbocycles. The molecule has 0 aliphatic heterocycles. The standard InChI is InChI=1S/C6H4O/c7-6-4-2-1-3-5-6/h1-2H,5H2. The molecule has 0 saturated heterocycles. The molecule has 0 amide bonds. The van der Waals surface area contributed by atoms with Crippen molar-refractivity contribution in [3.63, 3.8) is 0 Å². The van der Waals surface area contributed by atoms with Gasteiger partial charge in [0.25, 0.3) is 0 Å². The zero-order valence-corrected chi connectivity index (χ0v) is 3.77. The molecule has 0 N–H and O–H groups in total. The normalized spacial score (nSPS) is 18.0. The van der Waals surface area contributed by atoms with E-state index in [0.29, 0.717) is 6.42 Å². The predicted octanol–water partition coefficient (Wildman–Crippen LogP) is 0.678. The number of carbonyl (C=O) groups is 1. The van der Waals surface area contributed by atoms with Gasteiger partial charge in [-0.15, -0.1) is 0 Å². The summed E-state index contributed by atoms with van der Waals surface area (Å²) in [5.74, 6) is 0.0162. The van der Waals surface area contributed by atoms with E-state index in [1.165, 1.54) is 0 Å². The van der Waals surface area contributed by atoms with E-state index in [9.17, 15) is 4.79 Å². The highest BCUT2D eigenvalue weighted by Crippen LogP contribution is 1.92. The summed E-state index contributed by atoms with van der Waals surface area (Å²) in [4.78, 5) is 10.2. The van der Waals surface area contributed by atoms with Crippen LogP contribution in [0, 0.1) is 12.2 Å². The minimum absolute atomic E-state index is 0.0162. The molecule has 1 aliphatic rings. The number of hydrogen-bond acceptors (Lipinski definition) is 1. The molecule has 0 saturated carbocycles. The topological polar surface area (TPSA) is 17.1 Å². The van der Waals surface area contributed by atoms with Crippen LogP contribution >= 0.6 is 0 Å². The van der Waals surface area contributed by atoms with Crippen molar-refractivity contribution >= 4 is 5.78 Å². The summed E-state index contributed by atoms with van der Waals surface area (Å²) in [5, 5.41) is 0. The van der Waals surface area contributed by atoms with Gasteiger partial charge in [0.05, 0.1) is 0 Å². The molecule has 7 heavy (non-hydrogen) atoms. The summed E-state index contributed by atoms with van der Waals surface area (Å²) in [6.07, 6.45) is 8.91. The van der Waals surface area contributed by atoms with E-state index in [2.05, 4.69) is 12.2 Å². The van der Waals surface area contributed by atoms with E-state index in [0.717, 1.165) is 0 Å². The first-order valence-electron chi connectivity index (χ1n) is 2.07. The van der Waals surface area contributed by atoms with Gasteiger partial charge in [0.2, 0.25) is 0 Å². The van der Waals surface area contributed by atoms with Crippen LogP contribution in [0.5, 0.6) is 0 Å². The maximum absolute atomic E-state index is 10.2. The Morgan fingerprint density at radius 1 is 1.57 bits per heavy atom. The summed E-state index contributed by atoms with van der Waals surface area (Å²) in [6.45, 7) is 0. The van der Waals surface area contributed by atoms with E-state index in [1.807, 2.05) is 0 Å². The van der Waals surface area contributed by atoms with E-state index < -0.39 is 0 Å². The predicted molar refractivity (Wildman–Crippen MR) is 25.2 cm³/mol. The number of Topliss-reactive ketones (excluding diaryl/α,β-unsaturated/α-hetero) is 1. The fourth-order valence-electron chi connectivity index (χ4n) is 0.396. The Balaban J connectivity index is 2.66. The average molecular weight is 92.1 g/mol. The van der Waals surface area contributed by atoms with Gasteiger partial charge in [-0.25, -0.2) is 0 Å². The van der Waals surface area contributed by atoms with E-state index in [1.54, 1.807) is 12.2 Å². The number of ketones is 1. The molecular formula is C6H4O. The maximum Gasteiger partial charge on any atom is 0.167 e. The van der Waals surface area contributed by atoms with Crippen LogP contribution in [0.25, 0.3) is 0 Å². The molecule has 0 heterocycles. The minimum Gasteiger partial charge on any atom is -0.294 e. The molecule has 0 unspecified atom stereocenters. The zero-order chi connectivity index (χ0) is 5.11. The van der Waals surface area contributed by atoms with Crippen molar-refractivity contribution in [1.29, 1.82) is 0 Å². The molecule has 0 spiro atoms. The average Bonchev–Trinajstić information content (AvgIpc) is 1.69. The molecule has 34 valence electrons. The van der Waals surface area contributed by atoms with Gasteiger partial charge in [0.15, 0.2) is 5.78 Å². The van der Waals surface area contributed by atoms with E-state index in [4.69, 9.17) is 0 Å². The third kappa shape index (κ3) is 1.000. The second-order valence-corrected chi connectivity index (χ2v) is 1.28. The molecule has 0 bridgehead atoms. The van der Waals surface area contributed by atoms with Crippen molar-refractivity contribution in [2.75, 3.05) is 0 Å². The highest BCUT2D eigenvalue weighted by Gasteiger charge is 1.93. The Morgan fingerprint density at radius 2 is 2.43 bits per heavy atom. The van der Waals surface area contributed by atoms with Gasteiger partial charge < -0.3 is 0 Å². The summed E-state index contributed by atoms with van der Waals surface area (Å²) < 4.78 is 0. The molecule has 0 fully saturated rings. The van der Waals surface area contributed by atoms with Crippen molar-refractivity contribution < 1.29 is 4.79 Å². The molecule has 0 atom stereocenters. The first kappa shape index (κ1) is 4.31. The van der Waals surface area contributed by atoms with Crippen molar-refractivity contribution in [1.82, 2.24) is 0 Å². The molecule has 1 rings (SSSR count). The van der Waals surface area contributed by atoms with Gasteiger partial charge in [-0.05, 0) is 6.08 Å². The molecule has 1 nitrogen and oxygen atoms in total. The SMILES string of the molecule is O=C1[C]=CC=[C]C1. The van der Waals surface area contributed by atoms with Crippen LogP contribution in [-0.2, 0) is 4.79 Å².